The highest BCUT2D eigenvalue weighted by Crippen LogP contribution is 2.14. The third-order valence-electron chi connectivity index (χ3n) is 3.03. The van der Waals surface area contributed by atoms with Crippen LogP contribution in [0.2, 0.25) is 0 Å². The second kappa shape index (κ2) is 7.67. The Balaban J connectivity index is 4.43. The van der Waals surface area contributed by atoms with Gasteiger partial charge in [0, 0.05) is 24.5 Å². The van der Waals surface area contributed by atoms with Gasteiger partial charge in [-0.3, -0.25) is 4.79 Å². The molecule has 0 aliphatic heterocycles. The molecule has 0 aromatic heterocycles. The first-order valence-corrected chi connectivity index (χ1v) is 6.54. The van der Waals surface area contributed by atoms with Crippen LogP contribution in [0.4, 0.5) is 0 Å². The first-order chi connectivity index (χ1) is 7.85. The maximum atomic E-state index is 12.1. The maximum absolute atomic E-state index is 12.1. The van der Waals surface area contributed by atoms with E-state index in [9.17, 15) is 4.79 Å². The van der Waals surface area contributed by atoms with Crippen LogP contribution in [0.3, 0.4) is 0 Å². The molecule has 0 atom stereocenters. The zero-order valence-electron chi connectivity index (χ0n) is 11.7. The van der Waals surface area contributed by atoms with E-state index in [4.69, 9.17) is 10.8 Å². The molecule has 0 aromatic carbocycles. The number of rotatable bonds is 8. The number of nitrogens with zero attached hydrogens (tertiary/aromatic N) is 1. The molecule has 0 saturated carbocycles. The van der Waals surface area contributed by atoms with Crippen molar-refractivity contribution in [2.75, 3.05) is 13.2 Å². The summed E-state index contributed by atoms with van der Waals surface area (Å²) in [6.45, 7) is 8.43. The largest absolute Gasteiger partial charge is 0.395 e. The average Bonchev–Trinajstić information content (AvgIpc) is 2.25. The monoisotopic (exact) mass is 244 g/mol. The van der Waals surface area contributed by atoms with Crippen LogP contribution in [0.1, 0.15) is 53.4 Å². The van der Waals surface area contributed by atoms with Crippen molar-refractivity contribution in [2.45, 2.75) is 65.0 Å². The Morgan fingerprint density at radius 2 is 1.88 bits per heavy atom. The van der Waals surface area contributed by atoms with Gasteiger partial charge in [-0.25, -0.2) is 0 Å². The minimum atomic E-state index is -0.311. The molecule has 0 spiro atoms. The predicted octanol–water partition coefficient (Wildman–Crippen LogP) is 1.51. The van der Waals surface area contributed by atoms with Gasteiger partial charge in [-0.1, -0.05) is 13.8 Å². The number of aliphatic hydroxyl groups is 1. The molecule has 1 amide bonds. The highest BCUT2D eigenvalue weighted by molar-refractivity contribution is 5.76. The smallest absolute Gasteiger partial charge is 0.222 e. The number of carbonyl (C=O) groups excluding carboxylic acids is 1. The average molecular weight is 244 g/mol. The van der Waals surface area contributed by atoms with Crippen molar-refractivity contribution in [1.82, 2.24) is 4.90 Å². The van der Waals surface area contributed by atoms with E-state index >= 15 is 0 Å². The van der Waals surface area contributed by atoms with Crippen LogP contribution in [0, 0.1) is 0 Å². The van der Waals surface area contributed by atoms with Gasteiger partial charge in [0.2, 0.25) is 5.91 Å². The lowest BCUT2D eigenvalue weighted by molar-refractivity contribution is -0.134. The Morgan fingerprint density at radius 3 is 2.24 bits per heavy atom. The molecule has 0 aliphatic carbocycles. The van der Waals surface area contributed by atoms with E-state index in [2.05, 4.69) is 13.8 Å². The SMILES string of the molecule is CCC(CC)N(CCO)C(=O)CCC(C)(C)N. The van der Waals surface area contributed by atoms with Gasteiger partial charge in [0.1, 0.15) is 0 Å². The normalized spacial score (nSPS) is 11.9. The molecule has 3 N–H and O–H groups in total. The lowest BCUT2D eigenvalue weighted by Gasteiger charge is -2.31. The molecule has 17 heavy (non-hydrogen) atoms. The summed E-state index contributed by atoms with van der Waals surface area (Å²) in [5.74, 6) is 0.103. The molecule has 0 aromatic rings. The highest BCUT2D eigenvalue weighted by atomic mass is 16.3. The van der Waals surface area contributed by atoms with Crippen molar-refractivity contribution in [3.63, 3.8) is 0 Å². The van der Waals surface area contributed by atoms with Crippen molar-refractivity contribution in [3.05, 3.63) is 0 Å². The van der Waals surface area contributed by atoms with Gasteiger partial charge < -0.3 is 15.7 Å². The molecule has 4 nitrogen and oxygen atoms in total. The van der Waals surface area contributed by atoms with E-state index in [-0.39, 0.29) is 24.1 Å². The van der Waals surface area contributed by atoms with Gasteiger partial charge in [-0.2, -0.15) is 0 Å². The van der Waals surface area contributed by atoms with Crippen molar-refractivity contribution in [1.29, 1.82) is 0 Å². The van der Waals surface area contributed by atoms with E-state index in [1.54, 1.807) is 4.90 Å². The molecule has 0 rings (SSSR count). The fourth-order valence-corrected chi connectivity index (χ4v) is 1.92. The van der Waals surface area contributed by atoms with Gasteiger partial charge in [0.25, 0.3) is 0 Å². The van der Waals surface area contributed by atoms with Crippen molar-refractivity contribution in [2.24, 2.45) is 5.73 Å². The Hall–Kier alpha value is -0.610. The fourth-order valence-electron chi connectivity index (χ4n) is 1.92. The van der Waals surface area contributed by atoms with Gasteiger partial charge in [0.05, 0.1) is 6.61 Å². The Labute approximate surface area is 105 Å². The molecule has 0 radical (unpaired) electrons. The van der Waals surface area contributed by atoms with E-state index in [1.807, 2.05) is 13.8 Å². The van der Waals surface area contributed by atoms with Crippen LogP contribution in [-0.2, 0) is 4.79 Å². The lowest BCUT2D eigenvalue weighted by atomic mass is 9.99. The summed E-state index contributed by atoms with van der Waals surface area (Å²) in [4.78, 5) is 13.9. The number of hydrogen-bond acceptors (Lipinski definition) is 3. The molecular weight excluding hydrogens is 216 g/mol. The van der Waals surface area contributed by atoms with Crippen molar-refractivity contribution in [3.8, 4) is 0 Å². The number of amides is 1. The Kier molecular flexibility index (Phi) is 7.39. The standard InChI is InChI=1S/C13H28N2O2/c1-5-11(6-2)15(9-10-16)12(17)7-8-13(3,4)14/h11,16H,5-10,14H2,1-4H3. The second-order valence-corrected chi connectivity index (χ2v) is 5.27. The van der Waals surface area contributed by atoms with Crippen LogP contribution >= 0.6 is 0 Å². The summed E-state index contributed by atoms with van der Waals surface area (Å²) in [6, 6.07) is 0.232. The van der Waals surface area contributed by atoms with E-state index in [0.717, 1.165) is 12.8 Å². The summed E-state index contributed by atoms with van der Waals surface area (Å²) >= 11 is 0. The lowest BCUT2D eigenvalue weighted by Crippen LogP contribution is -2.43. The number of carbonyl (C=O) groups is 1. The third kappa shape index (κ3) is 6.64. The first kappa shape index (κ1) is 16.4. The predicted molar refractivity (Wildman–Crippen MR) is 70.7 cm³/mol. The highest BCUT2D eigenvalue weighted by Gasteiger charge is 2.22. The van der Waals surface area contributed by atoms with E-state index < -0.39 is 0 Å². The molecule has 0 heterocycles. The van der Waals surface area contributed by atoms with E-state index in [1.165, 1.54) is 0 Å². The van der Waals surface area contributed by atoms with Crippen LogP contribution in [-0.4, -0.2) is 40.6 Å². The minimum Gasteiger partial charge on any atom is -0.395 e. The quantitative estimate of drug-likeness (QED) is 0.680. The topological polar surface area (TPSA) is 66.6 Å². The van der Waals surface area contributed by atoms with Crippen molar-refractivity contribution < 1.29 is 9.90 Å². The van der Waals surface area contributed by atoms with Crippen LogP contribution in [0.25, 0.3) is 0 Å². The molecule has 102 valence electrons. The fraction of sp³-hybridized carbons (Fsp3) is 0.923. The third-order valence-corrected chi connectivity index (χ3v) is 3.03. The van der Waals surface area contributed by atoms with Gasteiger partial charge >= 0.3 is 0 Å². The summed E-state index contributed by atoms with van der Waals surface area (Å²) in [7, 11) is 0. The number of hydrogen-bond donors (Lipinski definition) is 2. The number of nitrogens with two attached hydrogens (primary N) is 1. The maximum Gasteiger partial charge on any atom is 0.222 e. The van der Waals surface area contributed by atoms with Gasteiger partial charge in [-0.05, 0) is 33.1 Å². The summed E-state index contributed by atoms with van der Waals surface area (Å²) in [6.07, 6.45) is 2.98. The zero-order chi connectivity index (χ0) is 13.5. The first-order valence-electron chi connectivity index (χ1n) is 6.54. The van der Waals surface area contributed by atoms with Crippen LogP contribution in [0.5, 0.6) is 0 Å². The van der Waals surface area contributed by atoms with Gasteiger partial charge in [0.15, 0.2) is 0 Å². The van der Waals surface area contributed by atoms with Crippen LogP contribution in [0.15, 0.2) is 0 Å². The molecule has 0 saturated heterocycles. The molecular formula is C13H28N2O2. The number of aliphatic hydroxyl groups excluding tert-OH is 1. The van der Waals surface area contributed by atoms with Crippen molar-refractivity contribution >= 4 is 5.91 Å². The Bertz CT molecular complexity index is 220. The molecule has 0 aliphatic rings. The second-order valence-electron chi connectivity index (χ2n) is 5.27. The van der Waals surface area contributed by atoms with Crippen LogP contribution < -0.4 is 5.73 Å². The molecule has 4 heteroatoms. The summed E-state index contributed by atoms with van der Waals surface area (Å²) < 4.78 is 0. The summed E-state index contributed by atoms with van der Waals surface area (Å²) in [5, 5.41) is 9.03. The van der Waals surface area contributed by atoms with E-state index in [0.29, 0.717) is 19.4 Å². The Morgan fingerprint density at radius 1 is 1.35 bits per heavy atom. The minimum absolute atomic E-state index is 0.0221. The zero-order valence-corrected chi connectivity index (χ0v) is 11.7. The van der Waals surface area contributed by atoms with Gasteiger partial charge in [-0.15, -0.1) is 0 Å². The molecule has 0 fully saturated rings. The molecule has 0 unspecified atom stereocenters. The molecule has 0 bridgehead atoms. The summed E-state index contributed by atoms with van der Waals surface area (Å²) in [5.41, 5.74) is 5.57.